The number of aliphatic carboxylic acids is 1. The molecule has 2 unspecified atom stereocenters. The lowest BCUT2D eigenvalue weighted by molar-refractivity contribution is -0.149. The zero-order valence-electron chi connectivity index (χ0n) is 9.72. The molecule has 2 atom stereocenters. The highest BCUT2D eigenvalue weighted by molar-refractivity contribution is 8.00. The fourth-order valence-corrected chi connectivity index (χ4v) is 3.20. The molecule has 0 aromatic rings. The Hall–Kier alpha value is -0.390. The smallest absolute Gasteiger partial charge is 0.441 e. The zero-order chi connectivity index (χ0) is 13.1. The Balaban J connectivity index is 2.53. The van der Waals surface area contributed by atoms with E-state index in [4.69, 9.17) is 0 Å². The first-order valence-corrected chi connectivity index (χ1v) is 6.72. The minimum atomic E-state index is -4.26. The third-order valence-corrected chi connectivity index (χ3v) is 4.32. The molecule has 2 nitrogen and oxygen atoms in total. The number of rotatable bonds is 5. The van der Waals surface area contributed by atoms with Gasteiger partial charge in [-0.2, -0.15) is 13.2 Å². The van der Waals surface area contributed by atoms with Crippen molar-refractivity contribution in [2.75, 3.05) is 5.75 Å². The number of alkyl halides is 3. The number of carboxylic acids is 1. The van der Waals surface area contributed by atoms with E-state index in [1.807, 2.05) is 6.92 Å². The Morgan fingerprint density at radius 1 is 1.53 bits per heavy atom. The highest BCUT2D eigenvalue weighted by atomic mass is 32.2. The lowest BCUT2D eigenvalue weighted by atomic mass is 9.82. The highest BCUT2D eigenvalue weighted by Crippen LogP contribution is 2.47. The number of hydrogen-bond acceptors (Lipinski definition) is 2. The number of halogens is 3. The van der Waals surface area contributed by atoms with Gasteiger partial charge in [0.1, 0.15) is 0 Å². The van der Waals surface area contributed by atoms with Crippen LogP contribution in [0.3, 0.4) is 0 Å². The van der Waals surface area contributed by atoms with Crippen molar-refractivity contribution in [2.24, 2.45) is 11.3 Å². The summed E-state index contributed by atoms with van der Waals surface area (Å²) in [4.78, 5) is 11.3. The van der Waals surface area contributed by atoms with Crippen LogP contribution >= 0.6 is 11.8 Å². The molecule has 1 fully saturated rings. The summed E-state index contributed by atoms with van der Waals surface area (Å²) in [5, 5.41) is 9.22. The van der Waals surface area contributed by atoms with E-state index in [0.717, 1.165) is 12.8 Å². The first-order valence-electron chi connectivity index (χ1n) is 5.73. The van der Waals surface area contributed by atoms with E-state index >= 15 is 0 Å². The van der Waals surface area contributed by atoms with E-state index < -0.39 is 16.9 Å². The third kappa shape index (κ3) is 4.08. The number of carbonyl (C=O) groups is 1. The summed E-state index contributed by atoms with van der Waals surface area (Å²) in [5.41, 5.74) is -5.18. The Morgan fingerprint density at radius 3 is 2.59 bits per heavy atom. The molecule has 1 aliphatic carbocycles. The lowest BCUT2D eigenvalue weighted by Gasteiger charge is -2.24. The van der Waals surface area contributed by atoms with Gasteiger partial charge in [-0.05, 0) is 31.6 Å². The van der Waals surface area contributed by atoms with Gasteiger partial charge in [0.05, 0.1) is 5.41 Å². The molecule has 0 saturated heterocycles. The van der Waals surface area contributed by atoms with E-state index in [-0.39, 0.29) is 23.9 Å². The van der Waals surface area contributed by atoms with Crippen LogP contribution in [0.1, 0.15) is 39.0 Å². The van der Waals surface area contributed by atoms with Gasteiger partial charge in [0, 0.05) is 5.75 Å². The van der Waals surface area contributed by atoms with E-state index in [1.165, 1.54) is 0 Å². The van der Waals surface area contributed by atoms with Gasteiger partial charge < -0.3 is 5.11 Å². The van der Waals surface area contributed by atoms with Gasteiger partial charge in [-0.15, -0.1) is 0 Å². The van der Waals surface area contributed by atoms with Crippen LogP contribution in [-0.2, 0) is 4.79 Å². The van der Waals surface area contributed by atoms with Crippen LogP contribution < -0.4 is 0 Å². The summed E-state index contributed by atoms with van der Waals surface area (Å²) in [7, 11) is 0. The van der Waals surface area contributed by atoms with Crippen molar-refractivity contribution in [1.82, 2.24) is 0 Å². The van der Waals surface area contributed by atoms with Crippen LogP contribution in [0.25, 0.3) is 0 Å². The van der Waals surface area contributed by atoms with Crippen molar-refractivity contribution in [3.63, 3.8) is 0 Å². The molecule has 17 heavy (non-hydrogen) atoms. The largest absolute Gasteiger partial charge is 0.481 e. The van der Waals surface area contributed by atoms with Gasteiger partial charge in [-0.3, -0.25) is 4.79 Å². The SMILES string of the molecule is CCC1CCC(CCSC(F)(F)F)(C(=O)O)C1. The molecule has 100 valence electrons. The molecule has 1 rings (SSSR count). The summed E-state index contributed by atoms with van der Waals surface area (Å²) in [5.74, 6) is -0.745. The summed E-state index contributed by atoms with van der Waals surface area (Å²) in [6.07, 6.45) is 2.88. The molecular weight excluding hydrogens is 253 g/mol. The van der Waals surface area contributed by atoms with E-state index in [2.05, 4.69) is 0 Å². The second kappa shape index (κ2) is 5.50. The minimum absolute atomic E-state index is 0.114. The molecule has 0 amide bonds. The molecule has 0 aromatic heterocycles. The molecule has 1 aliphatic rings. The van der Waals surface area contributed by atoms with Crippen LogP contribution in [0, 0.1) is 11.3 Å². The second-order valence-corrected chi connectivity index (χ2v) is 5.81. The number of carboxylic acid groups (broad SMARTS) is 1. The summed E-state index contributed by atoms with van der Waals surface area (Å²) < 4.78 is 36.0. The van der Waals surface area contributed by atoms with Gasteiger partial charge in [0.15, 0.2) is 0 Å². The van der Waals surface area contributed by atoms with Crippen molar-refractivity contribution in [3.8, 4) is 0 Å². The van der Waals surface area contributed by atoms with Crippen LogP contribution in [-0.4, -0.2) is 22.3 Å². The van der Waals surface area contributed by atoms with Crippen molar-refractivity contribution in [1.29, 1.82) is 0 Å². The van der Waals surface area contributed by atoms with Crippen LogP contribution in [0.4, 0.5) is 13.2 Å². The predicted molar refractivity (Wildman–Crippen MR) is 60.8 cm³/mol. The molecule has 0 aliphatic heterocycles. The van der Waals surface area contributed by atoms with Gasteiger partial charge in [0.2, 0.25) is 0 Å². The fourth-order valence-electron chi connectivity index (χ4n) is 2.48. The molecule has 6 heteroatoms. The molecule has 0 bridgehead atoms. The normalized spacial score (nSPS) is 29.5. The van der Waals surface area contributed by atoms with Crippen molar-refractivity contribution < 1.29 is 23.1 Å². The summed E-state index contributed by atoms with van der Waals surface area (Å²) in [6.45, 7) is 1.99. The zero-order valence-corrected chi connectivity index (χ0v) is 10.5. The quantitative estimate of drug-likeness (QED) is 0.823. The second-order valence-electron chi connectivity index (χ2n) is 4.65. The average Bonchev–Trinajstić information content (AvgIpc) is 2.61. The number of hydrogen-bond donors (Lipinski definition) is 1. The number of thioether (sulfide) groups is 1. The lowest BCUT2D eigenvalue weighted by Crippen LogP contribution is -2.29. The van der Waals surface area contributed by atoms with Crippen LogP contribution in [0.5, 0.6) is 0 Å². The fraction of sp³-hybridized carbons (Fsp3) is 0.909. The van der Waals surface area contributed by atoms with Gasteiger partial charge in [0.25, 0.3) is 0 Å². The molecule has 0 aromatic carbocycles. The first-order chi connectivity index (χ1) is 7.79. The third-order valence-electron chi connectivity index (χ3n) is 3.59. The van der Waals surface area contributed by atoms with Gasteiger partial charge in [-0.25, -0.2) is 0 Å². The highest BCUT2D eigenvalue weighted by Gasteiger charge is 2.45. The van der Waals surface area contributed by atoms with Gasteiger partial charge in [-0.1, -0.05) is 25.1 Å². The minimum Gasteiger partial charge on any atom is -0.481 e. The maximum Gasteiger partial charge on any atom is 0.441 e. The maximum absolute atomic E-state index is 12.0. The molecule has 0 radical (unpaired) electrons. The average molecular weight is 270 g/mol. The van der Waals surface area contributed by atoms with E-state index in [1.54, 1.807) is 0 Å². The maximum atomic E-state index is 12.0. The summed E-state index contributed by atoms with van der Waals surface area (Å²) >= 11 is -0.118. The van der Waals surface area contributed by atoms with E-state index in [0.29, 0.717) is 18.8 Å². The first kappa shape index (κ1) is 14.7. The Morgan fingerprint density at radius 2 is 2.18 bits per heavy atom. The summed E-state index contributed by atoms with van der Waals surface area (Å²) in [6, 6.07) is 0. The molecule has 0 spiro atoms. The standard InChI is InChI=1S/C11H17F3O2S/c1-2-8-3-4-10(7-8,9(15)16)5-6-17-11(12,13)14/h8H,2-7H2,1H3,(H,15,16). The Kier molecular flexibility index (Phi) is 4.75. The van der Waals surface area contributed by atoms with Crippen molar-refractivity contribution in [2.45, 2.75) is 44.5 Å². The monoisotopic (exact) mass is 270 g/mol. The van der Waals surface area contributed by atoms with Crippen molar-refractivity contribution >= 4 is 17.7 Å². The van der Waals surface area contributed by atoms with E-state index in [9.17, 15) is 23.1 Å². The molecule has 1 N–H and O–H groups in total. The van der Waals surface area contributed by atoms with Crippen molar-refractivity contribution in [3.05, 3.63) is 0 Å². The Labute approximate surface area is 103 Å². The van der Waals surface area contributed by atoms with Gasteiger partial charge >= 0.3 is 11.5 Å². The molecule has 0 heterocycles. The Bertz CT molecular complexity index is 280. The predicted octanol–water partition coefficient (Wildman–Crippen LogP) is 3.91. The van der Waals surface area contributed by atoms with Crippen LogP contribution in [0.15, 0.2) is 0 Å². The molecule has 1 saturated carbocycles. The molecular formula is C11H17F3O2S. The topological polar surface area (TPSA) is 37.3 Å². The van der Waals surface area contributed by atoms with Crippen LogP contribution in [0.2, 0.25) is 0 Å².